The minimum atomic E-state index is -0.667. The van der Waals surface area contributed by atoms with Crippen LogP contribution in [0.3, 0.4) is 0 Å². The fraction of sp³-hybridized carbons (Fsp3) is 0.308. The number of nitrogens with zero attached hydrogens (tertiary/aromatic N) is 1. The summed E-state index contributed by atoms with van der Waals surface area (Å²) in [6, 6.07) is 4.09. The number of carbonyl (C=O) groups is 3. The molecule has 1 heterocycles. The molecule has 0 spiro atoms. The van der Waals surface area contributed by atoms with Gasteiger partial charge in [0, 0.05) is 23.5 Å². The van der Waals surface area contributed by atoms with Crippen molar-refractivity contribution < 1.29 is 14.4 Å². The predicted octanol–water partition coefficient (Wildman–Crippen LogP) is 1.98. The van der Waals surface area contributed by atoms with Gasteiger partial charge in [-0.15, -0.1) is 0 Å². The molecule has 0 aliphatic carbocycles. The second-order valence-corrected chi connectivity index (χ2v) is 5.75. The van der Waals surface area contributed by atoms with Gasteiger partial charge in [0.1, 0.15) is 6.04 Å². The van der Waals surface area contributed by atoms with E-state index in [4.69, 9.17) is 11.6 Å². The van der Waals surface area contributed by atoms with Crippen molar-refractivity contribution in [1.29, 1.82) is 0 Å². The van der Waals surface area contributed by atoms with Crippen molar-refractivity contribution in [3.05, 3.63) is 33.3 Å². The molecule has 0 radical (unpaired) electrons. The third-order valence-electron chi connectivity index (χ3n) is 3.14. The van der Waals surface area contributed by atoms with Crippen molar-refractivity contribution >= 4 is 45.3 Å². The summed E-state index contributed by atoms with van der Waals surface area (Å²) in [6.07, 6.45) is 0.569. The van der Waals surface area contributed by atoms with Crippen LogP contribution < -0.4 is 5.32 Å². The van der Waals surface area contributed by atoms with E-state index in [2.05, 4.69) is 21.2 Å². The van der Waals surface area contributed by atoms with Crippen LogP contribution in [0.15, 0.2) is 22.7 Å². The molecule has 1 atom stereocenters. The molecule has 5 nitrogen and oxygen atoms in total. The van der Waals surface area contributed by atoms with Crippen molar-refractivity contribution in [3.8, 4) is 0 Å². The lowest BCUT2D eigenvalue weighted by Crippen LogP contribution is -2.52. The summed E-state index contributed by atoms with van der Waals surface area (Å²) in [4.78, 5) is 36.4. The zero-order valence-corrected chi connectivity index (χ0v) is 13.0. The molecule has 1 unspecified atom stereocenters. The molecule has 1 aromatic carbocycles. The number of likely N-dealkylation sites (N-methyl/N-ethyl adjacent to an activating group) is 1. The highest BCUT2D eigenvalue weighted by atomic mass is 79.9. The molecule has 1 aliphatic heterocycles. The highest BCUT2D eigenvalue weighted by molar-refractivity contribution is 9.10. The van der Waals surface area contributed by atoms with Gasteiger partial charge in [0.15, 0.2) is 0 Å². The van der Waals surface area contributed by atoms with E-state index in [-0.39, 0.29) is 24.1 Å². The van der Waals surface area contributed by atoms with E-state index >= 15 is 0 Å². The number of hydrogen-bond donors (Lipinski definition) is 1. The molecule has 2 rings (SSSR count). The average Bonchev–Trinajstić information content (AvgIpc) is 2.42. The fourth-order valence-electron chi connectivity index (χ4n) is 1.93. The van der Waals surface area contributed by atoms with Gasteiger partial charge in [0.25, 0.3) is 11.8 Å². The zero-order valence-electron chi connectivity index (χ0n) is 10.7. The summed E-state index contributed by atoms with van der Waals surface area (Å²) >= 11 is 9.10. The number of piperidine rings is 1. The Morgan fingerprint density at radius 1 is 1.45 bits per heavy atom. The lowest BCUT2D eigenvalue weighted by molar-refractivity contribution is -0.147. The molecule has 0 saturated carbocycles. The second kappa shape index (κ2) is 5.93. The van der Waals surface area contributed by atoms with Gasteiger partial charge in [-0.2, -0.15) is 0 Å². The first-order valence-corrected chi connectivity index (χ1v) is 7.13. The first kappa shape index (κ1) is 15.0. The van der Waals surface area contributed by atoms with Crippen LogP contribution in [0.5, 0.6) is 0 Å². The van der Waals surface area contributed by atoms with E-state index in [1.807, 2.05) is 0 Å². The lowest BCUT2D eigenvalue weighted by atomic mass is 10.0. The first-order valence-electron chi connectivity index (χ1n) is 5.96. The third kappa shape index (κ3) is 3.02. The zero-order chi connectivity index (χ0) is 14.9. The highest BCUT2D eigenvalue weighted by Gasteiger charge is 2.32. The number of amides is 3. The van der Waals surface area contributed by atoms with Gasteiger partial charge in [-0.3, -0.25) is 19.3 Å². The van der Waals surface area contributed by atoms with Gasteiger partial charge >= 0.3 is 0 Å². The molecule has 1 N–H and O–H groups in total. The van der Waals surface area contributed by atoms with E-state index < -0.39 is 6.04 Å². The van der Waals surface area contributed by atoms with Crippen molar-refractivity contribution in [2.75, 3.05) is 7.05 Å². The van der Waals surface area contributed by atoms with Crippen LogP contribution in [0.2, 0.25) is 5.02 Å². The number of halogens is 2. The van der Waals surface area contributed by atoms with E-state index in [0.29, 0.717) is 21.5 Å². The monoisotopic (exact) mass is 358 g/mol. The van der Waals surface area contributed by atoms with Crippen LogP contribution in [0.1, 0.15) is 23.2 Å². The van der Waals surface area contributed by atoms with E-state index in [1.54, 1.807) is 18.2 Å². The van der Waals surface area contributed by atoms with Crippen LogP contribution >= 0.6 is 27.5 Å². The normalized spacial score (nSPS) is 19.1. The molecule has 1 aliphatic rings. The largest absolute Gasteiger partial charge is 0.340 e. The molecule has 1 fully saturated rings. The van der Waals surface area contributed by atoms with Crippen LogP contribution in [-0.2, 0) is 9.59 Å². The molecule has 3 amide bonds. The fourth-order valence-corrected chi connectivity index (χ4v) is 2.42. The molecular weight excluding hydrogens is 348 g/mol. The van der Waals surface area contributed by atoms with E-state index in [9.17, 15) is 14.4 Å². The molecule has 0 aromatic heterocycles. The van der Waals surface area contributed by atoms with Crippen molar-refractivity contribution in [3.63, 3.8) is 0 Å². The molecular formula is C13H12BrClN2O3. The number of nitrogens with one attached hydrogen (secondary N) is 1. The lowest BCUT2D eigenvalue weighted by Gasteiger charge is -2.28. The number of benzene rings is 1. The Morgan fingerprint density at radius 2 is 2.15 bits per heavy atom. The first-order chi connectivity index (χ1) is 9.40. The smallest absolute Gasteiger partial charge is 0.251 e. The van der Waals surface area contributed by atoms with Crippen molar-refractivity contribution in [2.45, 2.75) is 18.9 Å². The summed E-state index contributed by atoms with van der Waals surface area (Å²) in [5.74, 6) is -0.985. The summed E-state index contributed by atoms with van der Waals surface area (Å²) in [7, 11) is 1.42. The number of hydrogen-bond acceptors (Lipinski definition) is 3. The molecule has 20 heavy (non-hydrogen) atoms. The average molecular weight is 360 g/mol. The van der Waals surface area contributed by atoms with E-state index in [1.165, 1.54) is 7.05 Å². The van der Waals surface area contributed by atoms with Gasteiger partial charge in [-0.1, -0.05) is 11.6 Å². The summed E-state index contributed by atoms with van der Waals surface area (Å²) < 4.78 is 0.606. The van der Waals surface area contributed by atoms with Crippen molar-refractivity contribution in [1.82, 2.24) is 10.2 Å². The standard InChI is InChI=1S/C13H12BrClN2O3/c1-17-11(18)5-4-10(13(17)20)16-12(19)7-2-3-9(15)8(14)6-7/h2-3,6,10H,4-5H2,1H3,(H,16,19). The molecule has 7 heteroatoms. The maximum atomic E-state index is 12.1. The summed E-state index contributed by atoms with van der Waals surface area (Å²) in [5.41, 5.74) is 0.397. The van der Waals surface area contributed by atoms with Crippen LogP contribution in [0.25, 0.3) is 0 Å². The Bertz CT molecular complexity index is 591. The number of likely N-dealkylation sites (tertiary alicyclic amines) is 1. The maximum Gasteiger partial charge on any atom is 0.251 e. The molecule has 1 aromatic rings. The second-order valence-electron chi connectivity index (χ2n) is 4.48. The summed E-state index contributed by atoms with van der Waals surface area (Å²) in [6.45, 7) is 0. The Hall–Kier alpha value is -1.40. The maximum absolute atomic E-state index is 12.1. The van der Waals surface area contributed by atoms with E-state index in [0.717, 1.165) is 4.90 Å². The minimum absolute atomic E-state index is 0.227. The Balaban J connectivity index is 2.09. The molecule has 0 bridgehead atoms. The summed E-state index contributed by atoms with van der Waals surface area (Å²) in [5, 5.41) is 3.14. The topological polar surface area (TPSA) is 66.5 Å². The van der Waals surface area contributed by atoms with Crippen LogP contribution in [0, 0.1) is 0 Å². The van der Waals surface area contributed by atoms with Gasteiger partial charge in [-0.05, 0) is 40.5 Å². The number of imide groups is 1. The SMILES string of the molecule is CN1C(=O)CCC(NC(=O)c2ccc(Cl)c(Br)c2)C1=O. The van der Waals surface area contributed by atoms with Gasteiger partial charge in [-0.25, -0.2) is 0 Å². The third-order valence-corrected chi connectivity index (χ3v) is 4.35. The van der Waals surface area contributed by atoms with Gasteiger partial charge in [0.05, 0.1) is 5.02 Å². The van der Waals surface area contributed by atoms with Crippen LogP contribution in [-0.4, -0.2) is 35.7 Å². The Kier molecular flexibility index (Phi) is 4.45. The Labute approximate surface area is 129 Å². The molecule has 106 valence electrons. The number of rotatable bonds is 2. The Morgan fingerprint density at radius 3 is 2.80 bits per heavy atom. The van der Waals surface area contributed by atoms with Gasteiger partial charge < -0.3 is 5.32 Å². The quantitative estimate of drug-likeness (QED) is 0.821. The van der Waals surface area contributed by atoms with Crippen LogP contribution in [0.4, 0.5) is 0 Å². The van der Waals surface area contributed by atoms with Gasteiger partial charge in [0.2, 0.25) is 5.91 Å². The highest BCUT2D eigenvalue weighted by Crippen LogP contribution is 2.23. The number of carbonyl (C=O) groups excluding carboxylic acids is 3. The predicted molar refractivity (Wildman–Crippen MR) is 77.4 cm³/mol. The molecule has 1 saturated heterocycles. The minimum Gasteiger partial charge on any atom is -0.340 e. The van der Waals surface area contributed by atoms with Crippen molar-refractivity contribution in [2.24, 2.45) is 0 Å².